The lowest BCUT2D eigenvalue weighted by atomic mass is 9.85. The van der Waals surface area contributed by atoms with Crippen molar-refractivity contribution in [3.63, 3.8) is 0 Å². The Balaban J connectivity index is 1.30. The lowest BCUT2D eigenvalue weighted by molar-refractivity contribution is -0.0719. The van der Waals surface area contributed by atoms with Gasteiger partial charge in [-0.25, -0.2) is 27.8 Å². The largest absolute Gasteiger partial charge is 0.381 e. The van der Waals surface area contributed by atoms with Crippen molar-refractivity contribution in [2.75, 3.05) is 26.2 Å². The quantitative estimate of drug-likeness (QED) is 0.383. The fourth-order valence-corrected chi connectivity index (χ4v) is 5.27. The third-order valence-electron chi connectivity index (χ3n) is 6.82. The molecule has 2 aromatic heterocycles. The van der Waals surface area contributed by atoms with Gasteiger partial charge in [0.25, 0.3) is 5.91 Å². The molecule has 0 spiro atoms. The molecule has 1 amide bonds. The van der Waals surface area contributed by atoms with E-state index in [1.165, 1.54) is 35.5 Å². The van der Waals surface area contributed by atoms with E-state index >= 15 is 0 Å². The highest BCUT2D eigenvalue weighted by Gasteiger charge is 2.43. The maximum absolute atomic E-state index is 14.9. The second kappa shape index (κ2) is 10.6. The number of rotatable bonds is 7. The van der Waals surface area contributed by atoms with Gasteiger partial charge < -0.3 is 10.0 Å². The van der Waals surface area contributed by atoms with Gasteiger partial charge in [-0.1, -0.05) is 6.07 Å². The van der Waals surface area contributed by atoms with Gasteiger partial charge in [0, 0.05) is 49.4 Å². The Hall–Kier alpha value is -3.68. The highest BCUT2D eigenvalue weighted by molar-refractivity contribution is 7.07. The van der Waals surface area contributed by atoms with E-state index in [2.05, 4.69) is 19.4 Å². The molecule has 1 saturated heterocycles. The van der Waals surface area contributed by atoms with Crippen LogP contribution in [0, 0.1) is 17.5 Å². The van der Waals surface area contributed by atoms with Crippen LogP contribution in [-0.4, -0.2) is 77.2 Å². The SMILES string of the molecule is CC(N1CCN(C(=O)c2nc(-c3ccc(F)cc3)ns2)CC1)C(O)(Cn1cncn1)c1ccc(F)cc1F. The first-order chi connectivity index (χ1) is 18.2. The van der Waals surface area contributed by atoms with Crippen molar-refractivity contribution >= 4 is 17.4 Å². The molecule has 0 saturated carbocycles. The van der Waals surface area contributed by atoms with Crippen molar-refractivity contribution in [2.45, 2.75) is 25.1 Å². The normalized spacial score (nSPS) is 16.8. The van der Waals surface area contributed by atoms with Gasteiger partial charge in [0.05, 0.1) is 6.54 Å². The molecule has 2 atom stereocenters. The molecule has 0 radical (unpaired) electrons. The van der Waals surface area contributed by atoms with E-state index in [1.807, 2.05) is 4.90 Å². The van der Waals surface area contributed by atoms with E-state index in [4.69, 9.17) is 0 Å². The Morgan fingerprint density at radius 3 is 2.45 bits per heavy atom. The van der Waals surface area contributed by atoms with E-state index in [0.717, 1.165) is 23.7 Å². The van der Waals surface area contributed by atoms with Crippen LogP contribution in [0.15, 0.2) is 55.1 Å². The number of aromatic nitrogens is 5. The number of amides is 1. The number of piperazine rings is 1. The average Bonchev–Trinajstić information content (AvgIpc) is 3.61. The maximum atomic E-state index is 14.9. The van der Waals surface area contributed by atoms with E-state index in [-0.39, 0.29) is 28.8 Å². The monoisotopic (exact) mass is 543 g/mol. The van der Waals surface area contributed by atoms with Gasteiger partial charge in [-0.3, -0.25) is 9.69 Å². The number of carbonyl (C=O) groups is 1. The molecule has 1 N–H and O–H groups in total. The van der Waals surface area contributed by atoms with Gasteiger partial charge in [-0.2, -0.15) is 9.47 Å². The summed E-state index contributed by atoms with van der Waals surface area (Å²) in [6.07, 6.45) is 2.73. The van der Waals surface area contributed by atoms with Crippen LogP contribution >= 0.6 is 11.5 Å². The summed E-state index contributed by atoms with van der Waals surface area (Å²) < 4.78 is 47.3. The molecule has 0 bridgehead atoms. The number of halogens is 3. The average molecular weight is 544 g/mol. The second-order valence-electron chi connectivity index (χ2n) is 9.08. The zero-order valence-corrected chi connectivity index (χ0v) is 21.2. The lowest BCUT2D eigenvalue weighted by Crippen LogP contribution is -2.58. The zero-order valence-electron chi connectivity index (χ0n) is 20.3. The summed E-state index contributed by atoms with van der Waals surface area (Å²) in [4.78, 5) is 24.9. The predicted octanol–water partition coefficient (Wildman–Crippen LogP) is 2.95. The smallest absolute Gasteiger partial charge is 0.284 e. The van der Waals surface area contributed by atoms with Crippen molar-refractivity contribution in [1.82, 2.24) is 33.9 Å². The van der Waals surface area contributed by atoms with Gasteiger partial charge in [-0.05, 0) is 48.8 Å². The molecule has 4 aromatic rings. The molecule has 5 rings (SSSR count). The lowest BCUT2D eigenvalue weighted by Gasteiger charge is -2.44. The van der Waals surface area contributed by atoms with Gasteiger partial charge in [0.1, 0.15) is 35.7 Å². The Kier molecular flexibility index (Phi) is 7.23. The van der Waals surface area contributed by atoms with Gasteiger partial charge >= 0.3 is 0 Å². The molecule has 1 fully saturated rings. The Morgan fingerprint density at radius 2 is 1.79 bits per heavy atom. The predicted molar refractivity (Wildman–Crippen MR) is 133 cm³/mol. The van der Waals surface area contributed by atoms with Gasteiger partial charge in [-0.15, -0.1) is 0 Å². The Morgan fingerprint density at radius 1 is 1.08 bits per heavy atom. The first-order valence-corrected chi connectivity index (χ1v) is 12.7. The minimum Gasteiger partial charge on any atom is -0.381 e. The minimum absolute atomic E-state index is 0.0532. The van der Waals surface area contributed by atoms with E-state index < -0.39 is 23.3 Å². The summed E-state index contributed by atoms with van der Waals surface area (Å²) in [6.45, 7) is 3.15. The van der Waals surface area contributed by atoms with Crippen LogP contribution in [0.2, 0.25) is 0 Å². The number of nitrogens with zero attached hydrogens (tertiary/aromatic N) is 7. The summed E-state index contributed by atoms with van der Waals surface area (Å²) in [7, 11) is 0. The summed E-state index contributed by atoms with van der Waals surface area (Å²) in [6, 6.07) is 8.19. The highest BCUT2D eigenvalue weighted by Crippen LogP contribution is 2.33. The third-order valence-corrected chi connectivity index (χ3v) is 7.52. The number of hydrogen-bond acceptors (Lipinski definition) is 8. The summed E-state index contributed by atoms with van der Waals surface area (Å²) >= 11 is 0.976. The minimum atomic E-state index is -1.76. The molecular formula is C25H24F3N7O2S. The summed E-state index contributed by atoms with van der Waals surface area (Å²) in [5.41, 5.74) is -1.20. The molecule has 3 heterocycles. The first kappa shape index (κ1) is 25.9. The maximum Gasteiger partial charge on any atom is 0.284 e. The van der Waals surface area contributed by atoms with Crippen LogP contribution in [0.4, 0.5) is 13.2 Å². The van der Waals surface area contributed by atoms with Crippen LogP contribution in [0.5, 0.6) is 0 Å². The van der Waals surface area contributed by atoms with Gasteiger partial charge in [0.15, 0.2) is 5.82 Å². The number of hydrogen-bond donors (Lipinski definition) is 1. The number of carbonyl (C=O) groups excluding carboxylic acids is 1. The van der Waals surface area contributed by atoms with Crippen molar-refractivity contribution in [3.8, 4) is 11.4 Å². The number of benzene rings is 2. The van der Waals surface area contributed by atoms with Crippen molar-refractivity contribution in [3.05, 3.63) is 83.1 Å². The third kappa shape index (κ3) is 5.17. The number of aliphatic hydroxyl groups is 1. The van der Waals surface area contributed by atoms with Gasteiger partial charge in [0.2, 0.25) is 5.01 Å². The Labute approximate surface area is 220 Å². The fraction of sp³-hybridized carbons (Fsp3) is 0.320. The Bertz CT molecular complexity index is 1410. The molecule has 38 heavy (non-hydrogen) atoms. The summed E-state index contributed by atoms with van der Waals surface area (Å²) in [5.74, 6) is -1.90. The molecule has 0 aliphatic carbocycles. The molecule has 2 aromatic carbocycles. The zero-order chi connectivity index (χ0) is 26.9. The highest BCUT2D eigenvalue weighted by atomic mass is 32.1. The second-order valence-corrected chi connectivity index (χ2v) is 9.83. The molecule has 2 unspecified atom stereocenters. The first-order valence-electron chi connectivity index (χ1n) is 11.9. The van der Waals surface area contributed by atoms with Crippen molar-refractivity contribution in [2.24, 2.45) is 0 Å². The summed E-state index contributed by atoms with van der Waals surface area (Å²) in [5, 5.41) is 16.1. The van der Waals surface area contributed by atoms with Crippen LogP contribution in [0.25, 0.3) is 11.4 Å². The van der Waals surface area contributed by atoms with Crippen LogP contribution < -0.4 is 0 Å². The molecule has 9 nitrogen and oxygen atoms in total. The molecule has 198 valence electrons. The van der Waals surface area contributed by atoms with Crippen molar-refractivity contribution in [1.29, 1.82) is 0 Å². The van der Waals surface area contributed by atoms with Crippen LogP contribution in [0.3, 0.4) is 0 Å². The standard InChI is InChI=1S/C25H24F3N7O2S/c1-16(25(37,13-35-15-29-14-30-35)20-7-6-19(27)12-21(20)28)33-8-10-34(11-9-33)24(36)23-31-22(32-38-23)17-2-4-18(26)5-3-17/h2-7,12,14-16,37H,8-11,13H2,1H3. The van der Waals surface area contributed by atoms with Crippen molar-refractivity contribution < 1.29 is 23.1 Å². The fourth-order valence-electron chi connectivity index (χ4n) is 4.62. The van der Waals surface area contributed by atoms with Crippen LogP contribution in [-0.2, 0) is 12.1 Å². The molecule has 13 heteroatoms. The molecular weight excluding hydrogens is 519 g/mol. The van der Waals surface area contributed by atoms with E-state index in [0.29, 0.717) is 37.6 Å². The van der Waals surface area contributed by atoms with E-state index in [1.54, 1.807) is 24.0 Å². The topological polar surface area (TPSA) is 100 Å². The van der Waals surface area contributed by atoms with Crippen LogP contribution in [0.1, 0.15) is 22.3 Å². The molecule has 1 aliphatic rings. The molecule has 1 aliphatic heterocycles. The van der Waals surface area contributed by atoms with E-state index in [9.17, 15) is 23.1 Å².